The van der Waals surface area contributed by atoms with Gasteiger partial charge in [0, 0.05) is 19.2 Å². The molecule has 0 aliphatic carbocycles. The minimum Gasteiger partial charge on any atom is -0.495 e. The maximum Gasteiger partial charge on any atom is 0.238 e. The van der Waals surface area contributed by atoms with Crippen LogP contribution < -0.4 is 20.7 Å². The normalized spacial score (nSPS) is 9.70. The summed E-state index contributed by atoms with van der Waals surface area (Å²) in [6.45, 7) is 5.69. The molecule has 1 rings (SSSR count). The van der Waals surface area contributed by atoms with Crippen molar-refractivity contribution in [2.45, 2.75) is 6.92 Å². The maximum atomic E-state index is 11.7. The van der Waals surface area contributed by atoms with Gasteiger partial charge in [-0.05, 0) is 18.2 Å². The molecule has 0 saturated carbocycles. The van der Waals surface area contributed by atoms with Gasteiger partial charge in [0.2, 0.25) is 11.8 Å². The van der Waals surface area contributed by atoms with Crippen LogP contribution in [0.25, 0.3) is 0 Å². The molecule has 0 unspecified atom stereocenters. The Kier molecular flexibility index (Phi) is 6.25. The lowest BCUT2D eigenvalue weighted by atomic mass is 10.2. The van der Waals surface area contributed by atoms with Gasteiger partial charge in [-0.15, -0.1) is 6.58 Å². The fourth-order valence-corrected chi connectivity index (χ4v) is 1.57. The number of carbonyl (C=O) groups is 2. The van der Waals surface area contributed by atoms with Gasteiger partial charge in [0.1, 0.15) is 5.75 Å². The van der Waals surface area contributed by atoms with Crippen LogP contribution in [0.2, 0.25) is 0 Å². The number of benzene rings is 1. The largest absolute Gasteiger partial charge is 0.495 e. The first-order valence-corrected chi connectivity index (χ1v) is 6.14. The van der Waals surface area contributed by atoms with Crippen LogP contribution in [0.5, 0.6) is 5.75 Å². The molecule has 0 aliphatic rings. The molecule has 1 aromatic carbocycles. The highest BCUT2D eigenvalue weighted by molar-refractivity contribution is 5.95. The molecule has 0 heterocycles. The third-order valence-electron chi connectivity index (χ3n) is 2.37. The van der Waals surface area contributed by atoms with Crippen LogP contribution in [0.15, 0.2) is 30.9 Å². The summed E-state index contributed by atoms with van der Waals surface area (Å²) in [5.74, 6) is 0.140. The van der Waals surface area contributed by atoms with Crippen LogP contribution in [0.4, 0.5) is 11.4 Å². The van der Waals surface area contributed by atoms with Gasteiger partial charge in [-0.2, -0.15) is 0 Å². The van der Waals surface area contributed by atoms with Gasteiger partial charge < -0.3 is 20.7 Å². The summed E-state index contributed by atoms with van der Waals surface area (Å²) in [6, 6.07) is 5.02. The van der Waals surface area contributed by atoms with Crippen LogP contribution in [-0.2, 0) is 9.59 Å². The standard InChI is InChI=1S/C14H19N3O3/c1-4-7-15-9-14(19)17-12-8-11(16-10(2)18)5-6-13(12)20-3/h4-6,8,15H,1,7,9H2,2-3H3,(H,16,18)(H,17,19). The molecule has 6 heteroatoms. The summed E-state index contributed by atoms with van der Waals surface area (Å²) in [5.41, 5.74) is 1.09. The van der Waals surface area contributed by atoms with Crippen molar-refractivity contribution < 1.29 is 14.3 Å². The zero-order valence-electron chi connectivity index (χ0n) is 11.7. The van der Waals surface area contributed by atoms with Gasteiger partial charge in [0.05, 0.1) is 19.3 Å². The molecule has 20 heavy (non-hydrogen) atoms. The van der Waals surface area contributed by atoms with E-state index in [4.69, 9.17) is 4.74 Å². The number of hydrogen-bond donors (Lipinski definition) is 3. The molecule has 0 fully saturated rings. The second-order valence-electron chi connectivity index (χ2n) is 4.06. The highest BCUT2D eigenvalue weighted by Crippen LogP contribution is 2.27. The molecular weight excluding hydrogens is 258 g/mol. The number of carbonyl (C=O) groups excluding carboxylic acids is 2. The number of anilines is 2. The SMILES string of the molecule is C=CCNCC(=O)Nc1cc(NC(C)=O)ccc1OC. The Labute approximate surface area is 118 Å². The maximum absolute atomic E-state index is 11.7. The molecule has 1 aromatic rings. The molecular formula is C14H19N3O3. The minimum atomic E-state index is -0.204. The molecule has 0 aromatic heterocycles. The van der Waals surface area contributed by atoms with Gasteiger partial charge >= 0.3 is 0 Å². The Bertz CT molecular complexity index is 500. The second-order valence-corrected chi connectivity index (χ2v) is 4.06. The Morgan fingerprint density at radius 3 is 2.70 bits per heavy atom. The Balaban J connectivity index is 2.77. The quantitative estimate of drug-likeness (QED) is 0.519. The summed E-state index contributed by atoms with van der Waals surface area (Å²) < 4.78 is 5.17. The number of hydrogen-bond acceptors (Lipinski definition) is 4. The number of amides is 2. The lowest BCUT2D eigenvalue weighted by Crippen LogP contribution is -2.28. The van der Waals surface area contributed by atoms with E-state index in [9.17, 15) is 9.59 Å². The highest BCUT2D eigenvalue weighted by Gasteiger charge is 2.08. The van der Waals surface area contributed by atoms with Crippen LogP contribution in [-0.4, -0.2) is 32.0 Å². The molecule has 2 amide bonds. The van der Waals surface area contributed by atoms with Crippen molar-refractivity contribution in [2.24, 2.45) is 0 Å². The average Bonchev–Trinajstić information content (AvgIpc) is 2.38. The lowest BCUT2D eigenvalue weighted by molar-refractivity contribution is -0.115. The van der Waals surface area contributed by atoms with Gasteiger partial charge in [0.15, 0.2) is 0 Å². The lowest BCUT2D eigenvalue weighted by Gasteiger charge is -2.12. The van der Waals surface area contributed by atoms with Crippen LogP contribution in [0.3, 0.4) is 0 Å². The van der Waals surface area contributed by atoms with Crippen LogP contribution in [0.1, 0.15) is 6.92 Å². The van der Waals surface area contributed by atoms with E-state index >= 15 is 0 Å². The second kappa shape index (κ2) is 7.96. The molecule has 0 radical (unpaired) electrons. The van der Waals surface area contributed by atoms with Crippen molar-refractivity contribution in [3.8, 4) is 5.75 Å². The molecule has 0 spiro atoms. The molecule has 3 N–H and O–H groups in total. The smallest absolute Gasteiger partial charge is 0.238 e. The van der Waals surface area contributed by atoms with Crippen molar-refractivity contribution in [3.05, 3.63) is 30.9 Å². The fraction of sp³-hybridized carbons (Fsp3) is 0.286. The minimum absolute atomic E-state index is 0.166. The van der Waals surface area contributed by atoms with Gasteiger partial charge in [0.25, 0.3) is 0 Å². The molecule has 0 bridgehead atoms. The summed E-state index contributed by atoms with van der Waals surface area (Å²) >= 11 is 0. The van der Waals surface area contributed by atoms with Crippen molar-refractivity contribution in [3.63, 3.8) is 0 Å². The fourth-order valence-electron chi connectivity index (χ4n) is 1.57. The molecule has 6 nitrogen and oxygen atoms in total. The van der Waals surface area contributed by atoms with Gasteiger partial charge in [-0.1, -0.05) is 6.08 Å². The van der Waals surface area contributed by atoms with E-state index in [1.54, 1.807) is 24.3 Å². The molecule has 0 saturated heterocycles. The van der Waals surface area contributed by atoms with Crippen molar-refractivity contribution in [2.75, 3.05) is 30.8 Å². The number of rotatable bonds is 7. The first-order valence-electron chi connectivity index (χ1n) is 6.14. The first-order chi connectivity index (χ1) is 9.56. The third-order valence-corrected chi connectivity index (χ3v) is 2.37. The molecule has 108 valence electrons. The van der Waals surface area contributed by atoms with E-state index in [0.29, 0.717) is 23.7 Å². The van der Waals surface area contributed by atoms with E-state index in [2.05, 4.69) is 22.5 Å². The Morgan fingerprint density at radius 2 is 2.10 bits per heavy atom. The van der Waals surface area contributed by atoms with Gasteiger partial charge in [-0.3, -0.25) is 9.59 Å². The monoisotopic (exact) mass is 277 g/mol. The zero-order chi connectivity index (χ0) is 15.0. The number of nitrogens with one attached hydrogen (secondary N) is 3. The average molecular weight is 277 g/mol. The van der Waals surface area contributed by atoms with Crippen LogP contribution in [0, 0.1) is 0 Å². The predicted molar refractivity (Wildman–Crippen MR) is 79.0 cm³/mol. The molecule has 0 atom stereocenters. The Hall–Kier alpha value is -2.34. The summed E-state index contributed by atoms with van der Waals surface area (Å²) in [7, 11) is 1.51. The summed E-state index contributed by atoms with van der Waals surface area (Å²) in [5, 5.41) is 8.27. The summed E-state index contributed by atoms with van der Waals surface area (Å²) in [4.78, 5) is 22.8. The topological polar surface area (TPSA) is 79.5 Å². The van der Waals surface area contributed by atoms with Crippen molar-refractivity contribution >= 4 is 23.2 Å². The van der Waals surface area contributed by atoms with E-state index in [1.807, 2.05) is 0 Å². The third kappa shape index (κ3) is 5.11. The first kappa shape index (κ1) is 15.7. The predicted octanol–water partition coefficient (Wildman–Crippen LogP) is 1.37. The van der Waals surface area contributed by atoms with Crippen LogP contribution >= 0.6 is 0 Å². The highest BCUT2D eigenvalue weighted by atomic mass is 16.5. The van der Waals surface area contributed by atoms with Crippen molar-refractivity contribution in [1.82, 2.24) is 5.32 Å². The van der Waals surface area contributed by atoms with Gasteiger partial charge in [-0.25, -0.2) is 0 Å². The Morgan fingerprint density at radius 1 is 1.35 bits per heavy atom. The van der Waals surface area contributed by atoms with E-state index in [0.717, 1.165) is 0 Å². The van der Waals surface area contributed by atoms with E-state index in [-0.39, 0.29) is 18.4 Å². The van der Waals surface area contributed by atoms with Crippen molar-refractivity contribution in [1.29, 1.82) is 0 Å². The van der Waals surface area contributed by atoms with E-state index in [1.165, 1.54) is 14.0 Å². The summed E-state index contributed by atoms with van der Waals surface area (Å²) in [6.07, 6.45) is 1.67. The van der Waals surface area contributed by atoms with E-state index < -0.39 is 0 Å². The zero-order valence-corrected chi connectivity index (χ0v) is 11.7. The number of ether oxygens (including phenoxy) is 1. The number of methoxy groups -OCH3 is 1. The molecule has 0 aliphatic heterocycles.